The Balaban J connectivity index is 0.00000128. The van der Waals surface area contributed by atoms with Crippen LogP contribution in [0.5, 0.6) is 0 Å². The molecule has 1 aliphatic rings. The molecule has 0 N–H and O–H groups in total. The Morgan fingerprint density at radius 2 is 1.62 bits per heavy atom. The maximum absolute atomic E-state index is 2.56. The fourth-order valence-electron chi connectivity index (χ4n) is 2.18. The number of nitrogens with zero attached hydrogens (tertiary/aromatic N) is 2. The summed E-state index contributed by atoms with van der Waals surface area (Å²) >= 11 is 0. The Bertz CT molecular complexity index is 281. The summed E-state index contributed by atoms with van der Waals surface area (Å²) in [6, 6.07) is 10.7. The second-order valence-corrected chi connectivity index (χ2v) is 4.16. The van der Waals surface area contributed by atoms with Gasteiger partial charge in [-0.15, -0.1) is 12.4 Å². The van der Waals surface area contributed by atoms with E-state index in [0.717, 1.165) is 0 Å². The van der Waals surface area contributed by atoms with Gasteiger partial charge in [0.05, 0.1) is 0 Å². The van der Waals surface area contributed by atoms with Crippen molar-refractivity contribution in [1.29, 1.82) is 0 Å². The van der Waals surface area contributed by atoms with Crippen molar-refractivity contribution in [2.75, 3.05) is 37.6 Å². The number of hydrogen-bond acceptors (Lipinski definition) is 2. The summed E-state index contributed by atoms with van der Waals surface area (Å²) in [4.78, 5) is 5.03. The van der Waals surface area contributed by atoms with Crippen LogP contribution in [0.25, 0.3) is 0 Å². The van der Waals surface area contributed by atoms with Crippen LogP contribution in [0.2, 0.25) is 0 Å². The van der Waals surface area contributed by atoms with Crippen molar-refractivity contribution in [3.63, 3.8) is 0 Å². The van der Waals surface area contributed by atoms with Crippen LogP contribution in [-0.2, 0) is 0 Å². The summed E-state index contributed by atoms with van der Waals surface area (Å²) in [5, 5.41) is 0. The van der Waals surface area contributed by atoms with Crippen LogP contribution in [0.1, 0.15) is 13.3 Å². The van der Waals surface area contributed by atoms with Crippen molar-refractivity contribution in [1.82, 2.24) is 4.90 Å². The van der Waals surface area contributed by atoms with Crippen molar-refractivity contribution in [2.45, 2.75) is 13.3 Å². The summed E-state index contributed by atoms with van der Waals surface area (Å²) in [7, 11) is 0. The van der Waals surface area contributed by atoms with Gasteiger partial charge in [-0.3, -0.25) is 4.90 Å². The van der Waals surface area contributed by atoms with E-state index in [0.29, 0.717) is 0 Å². The largest absolute Gasteiger partial charge is 0.369 e. The van der Waals surface area contributed by atoms with E-state index in [2.05, 4.69) is 47.1 Å². The standard InChI is InChI=1S/C13H20N2.ClH/c1-2-8-14-9-11-15(12-10-14)13-6-4-3-5-7-13;/h3-7H,2,8-12H2,1H3;1H. The lowest BCUT2D eigenvalue weighted by molar-refractivity contribution is 0.258. The van der Waals surface area contributed by atoms with E-state index in [9.17, 15) is 0 Å². The molecule has 0 aliphatic carbocycles. The third-order valence-corrected chi connectivity index (χ3v) is 3.03. The lowest BCUT2D eigenvalue weighted by Crippen LogP contribution is -2.46. The normalized spacial score (nSPS) is 16.9. The average Bonchev–Trinajstić information content (AvgIpc) is 2.32. The van der Waals surface area contributed by atoms with Crippen molar-refractivity contribution in [2.24, 2.45) is 0 Å². The maximum atomic E-state index is 2.56. The monoisotopic (exact) mass is 240 g/mol. The Morgan fingerprint density at radius 3 is 2.19 bits per heavy atom. The van der Waals surface area contributed by atoms with E-state index in [1.807, 2.05) is 0 Å². The highest BCUT2D eigenvalue weighted by Gasteiger charge is 2.15. The highest BCUT2D eigenvalue weighted by molar-refractivity contribution is 5.85. The number of piperazine rings is 1. The summed E-state index contributed by atoms with van der Waals surface area (Å²) in [6.07, 6.45) is 1.27. The molecule has 2 rings (SSSR count). The highest BCUT2D eigenvalue weighted by Crippen LogP contribution is 2.15. The minimum Gasteiger partial charge on any atom is -0.369 e. The molecule has 3 heteroatoms. The number of hydrogen-bond donors (Lipinski definition) is 0. The Morgan fingerprint density at radius 1 is 1.00 bits per heavy atom. The second kappa shape index (κ2) is 6.77. The number of halogens is 1. The predicted octanol–water partition coefficient (Wildman–Crippen LogP) is 2.64. The van der Waals surface area contributed by atoms with Gasteiger partial charge < -0.3 is 4.90 Å². The Labute approximate surface area is 105 Å². The molecule has 90 valence electrons. The quantitative estimate of drug-likeness (QED) is 0.802. The molecule has 0 saturated carbocycles. The maximum Gasteiger partial charge on any atom is 0.0367 e. The third-order valence-electron chi connectivity index (χ3n) is 3.03. The van der Waals surface area contributed by atoms with E-state index in [1.54, 1.807) is 0 Å². The molecule has 0 unspecified atom stereocenters. The molecule has 0 aromatic heterocycles. The van der Waals surface area contributed by atoms with Crippen molar-refractivity contribution < 1.29 is 0 Å². The molecule has 1 aromatic carbocycles. The molecule has 1 aromatic rings. The number of anilines is 1. The van der Waals surface area contributed by atoms with Crippen LogP contribution in [-0.4, -0.2) is 37.6 Å². The van der Waals surface area contributed by atoms with Crippen LogP contribution < -0.4 is 4.90 Å². The van der Waals surface area contributed by atoms with Gasteiger partial charge in [0.1, 0.15) is 0 Å². The Hall–Kier alpha value is -0.730. The van der Waals surface area contributed by atoms with Crippen molar-refractivity contribution in [3.05, 3.63) is 30.3 Å². The van der Waals surface area contributed by atoms with Crippen molar-refractivity contribution in [3.8, 4) is 0 Å². The van der Waals surface area contributed by atoms with Gasteiger partial charge in [-0.2, -0.15) is 0 Å². The summed E-state index contributed by atoms with van der Waals surface area (Å²) < 4.78 is 0. The lowest BCUT2D eigenvalue weighted by atomic mass is 10.2. The van der Waals surface area contributed by atoms with E-state index in [4.69, 9.17) is 0 Å². The fraction of sp³-hybridized carbons (Fsp3) is 0.538. The number of benzene rings is 1. The van der Waals surface area contributed by atoms with Crippen LogP contribution in [0.15, 0.2) is 30.3 Å². The average molecular weight is 241 g/mol. The first kappa shape index (κ1) is 13.3. The van der Waals surface area contributed by atoms with E-state index >= 15 is 0 Å². The first-order valence-electron chi connectivity index (χ1n) is 5.92. The first-order chi connectivity index (χ1) is 7.40. The highest BCUT2D eigenvalue weighted by atomic mass is 35.5. The molecule has 0 amide bonds. The molecule has 16 heavy (non-hydrogen) atoms. The van der Waals surface area contributed by atoms with Crippen LogP contribution in [0, 0.1) is 0 Å². The summed E-state index contributed by atoms with van der Waals surface area (Å²) in [5.41, 5.74) is 1.37. The zero-order valence-corrected chi connectivity index (χ0v) is 10.7. The van der Waals surface area contributed by atoms with Gasteiger partial charge in [-0.05, 0) is 25.1 Å². The number of rotatable bonds is 3. The van der Waals surface area contributed by atoms with Gasteiger partial charge in [0, 0.05) is 31.9 Å². The zero-order valence-electron chi connectivity index (χ0n) is 9.93. The zero-order chi connectivity index (χ0) is 10.5. The molecule has 1 aliphatic heterocycles. The number of para-hydroxylation sites is 1. The van der Waals surface area contributed by atoms with Gasteiger partial charge in [0.25, 0.3) is 0 Å². The molecule has 1 saturated heterocycles. The third kappa shape index (κ3) is 3.39. The molecule has 0 bridgehead atoms. The molecule has 0 radical (unpaired) electrons. The molecule has 1 fully saturated rings. The predicted molar refractivity (Wildman–Crippen MR) is 72.6 cm³/mol. The smallest absolute Gasteiger partial charge is 0.0367 e. The minimum atomic E-state index is 0. The molecule has 0 atom stereocenters. The molecule has 2 nitrogen and oxygen atoms in total. The van der Waals surface area contributed by atoms with Crippen LogP contribution in [0.3, 0.4) is 0 Å². The second-order valence-electron chi connectivity index (χ2n) is 4.16. The minimum absolute atomic E-state index is 0. The van der Waals surface area contributed by atoms with Gasteiger partial charge in [0.2, 0.25) is 0 Å². The molecule has 1 heterocycles. The Kier molecular flexibility index (Phi) is 5.64. The summed E-state index contributed by atoms with van der Waals surface area (Å²) in [5.74, 6) is 0. The topological polar surface area (TPSA) is 6.48 Å². The van der Waals surface area contributed by atoms with Gasteiger partial charge >= 0.3 is 0 Å². The van der Waals surface area contributed by atoms with Crippen LogP contribution in [0.4, 0.5) is 5.69 Å². The van der Waals surface area contributed by atoms with Gasteiger partial charge in [-0.25, -0.2) is 0 Å². The molecular weight excluding hydrogens is 220 g/mol. The lowest BCUT2D eigenvalue weighted by Gasteiger charge is -2.35. The summed E-state index contributed by atoms with van der Waals surface area (Å²) in [6.45, 7) is 8.27. The molecular formula is C13H21ClN2. The van der Waals surface area contributed by atoms with E-state index in [1.165, 1.54) is 44.8 Å². The van der Waals surface area contributed by atoms with Crippen molar-refractivity contribution >= 4 is 18.1 Å². The first-order valence-corrected chi connectivity index (χ1v) is 5.92. The van der Waals surface area contributed by atoms with E-state index in [-0.39, 0.29) is 12.4 Å². The molecule has 0 spiro atoms. The van der Waals surface area contributed by atoms with Gasteiger partial charge in [0.15, 0.2) is 0 Å². The van der Waals surface area contributed by atoms with E-state index < -0.39 is 0 Å². The SMILES string of the molecule is CCCN1CCN(c2ccccc2)CC1.Cl. The fourth-order valence-corrected chi connectivity index (χ4v) is 2.18. The van der Waals surface area contributed by atoms with Crippen LogP contribution >= 0.6 is 12.4 Å². The van der Waals surface area contributed by atoms with Gasteiger partial charge in [-0.1, -0.05) is 25.1 Å².